The first-order valence-corrected chi connectivity index (χ1v) is 7.32. The number of pyridine rings is 1. The molecule has 2 rings (SSSR count). The molecule has 1 aromatic heterocycles. The number of aryl methyl sites for hydroxylation is 1. The van der Waals surface area contributed by atoms with Gasteiger partial charge in [-0.3, -0.25) is 9.78 Å². The molecule has 4 nitrogen and oxygen atoms in total. The monoisotopic (exact) mass is 348 g/mol. The van der Waals surface area contributed by atoms with Crippen LogP contribution in [0.15, 0.2) is 40.9 Å². The second-order valence-electron chi connectivity index (χ2n) is 4.78. The Hall–Kier alpha value is -1.88. The second-order valence-corrected chi connectivity index (χ2v) is 5.69. The van der Waals surface area contributed by atoms with Crippen molar-refractivity contribution in [3.8, 4) is 5.75 Å². The summed E-state index contributed by atoms with van der Waals surface area (Å²) in [4.78, 5) is 18.6. The maximum absolute atomic E-state index is 12.5. The normalized spacial score (nSPS) is 10.3. The third kappa shape index (κ3) is 3.82. The van der Waals surface area contributed by atoms with E-state index < -0.39 is 0 Å². The molecule has 0 saturated carbocycles. The minimum atomic E-state index is -0.0948. The second kappa shape index (κ2) is 6.72. The highest BCUT2D eigenvalue weighted by Gasteiger charge is 2.17. The molecular weight excluding hydrogens is 332 g/mol. The van der Waals surface area contributed by atoms with Gasteiger partial charge in [0, 0.05) is 17.2 Å². The van der Waals surface area contributed by atoms with Gasteiger partial charge < -0.3 is 9.64 Å². The van der Waals surface area contributed by atoms with Crippen molar-refractivity contribution < 1.29 is 9.53 Å². The van der Waals surface area contributed by atoms with Crippen molar-refractivity contribution in [3.63, 3.8) is 0 Å². The van der Waals surface area contributed by atoms with Crippen LogP contribution in [0.1, 0.15) is 21.7 Å². The molecule has 0 unspecified atom stereocenters. The Morgan fingerprint density at radius 3 is 2.76 bits per heavy atom. The van der Waals surface area contributed by atoms with Crippen LogP contribution in [-0.4, -0.2) is 29.9 Å². The lowest BCUT2D eigenvalue weighted by Gasteiger charge is -2.18. The zero-order valence-corrected chi connectivity index (χ0v) is 13.8. The number of halogens is 1. The summed E-state index contributed by atoms with van der Waals surface area (Å²) in [6.45, 7) is 2.39. The number of carbonyl (C=O) groups is 1. The van der Waals surface area contributed by atoms with Gasteiger partial charge in [-0.05, 0) is 37.3 Å². The van der Waals surface area contributed by atoms with Crippen LogP contribution in [0.25, 0.3) is 0 Å². The summed E-state index contributed by atoms with van der Waals surface area (Å²) in [7, 11) is 3.31. The molecule has 0 atom stereocenters. The Morgan fingerprint density at radius 1 is 1.33 bits per heavy atom. The molecule has 1 aromatic carbocycles. The number of hydrogen-bond acceptors (Lipinski definition) is 3. The van der Waals surface area contributed by atoms with E-state index in [1.807, 2.05) is 31.2 Å². The molecule has 0 N–H and O–H groups in total. The average Bonchev–Trinajstić information content (AvgIpc) is 2.46. The Bertz CT molecular complexity index is 658. The van der Waals surface area contributed by atoms with Crippen LogP contribution in [0.2, 0.25) is 0 Å². The van der Waals surface area contributed by atoms with E-state index >= 15 is 0 Å². The number of methoxy groups -OCH3 is 1. The van der Waals surface area contributed by atoms with Crippen molar-refractivity contribution in [2.45, 2.75) is 13.5 Å². The van der Waals surface area contributed by atoms with Gasteiger partial charge in [-0.2, -0.15) is 0 Å². The van der Waals surface area contributed by atoms with E-state index in [0.29, 0.717) is 17.9 Å². The highest BCUT2D eigenvalue weighted by atomic mass is 79.9. The maximum Gasteiger partial charge on any atom is 0.257 e. The summed E-state index contributed by atoms with van der Waals surface area (Å²) in [5.41, 5.74) is 2.34. The summed E-state index contributed by atoms with van der Waals surface area (Å²) >= 11 is 3.37. The molecule has 0 bridgehead atoms. The number of rotatable bonds is 4. The van der Waals surface area contributed by atoms with E-state index in [9.17, 15) is 4.79 Å². The van der Waals surface area contributed by atoms with Crippen molar-refractivity contribution in [1.29, 1.82) is 0 Å². The predicted octanol–water partition coefficient (Wildman–Crippen LogP) is 3.43. The molecule has 1 amide bonds. The van der Waals surface area contributed by atoms with Crippen LogP contribution in [0, 0.1) is 6.92 Å². The van der Waals surface area contributed by atoms with Gasteiger partial charge in [-0.25, -0.2) is 0 Å². The summed E-state index contributed by atoms with van der Waals surface area (Å²) in [5.74, 6) is 0.459. The largest absolute Gasteiger partial charge is 0.496 e. The maximum atomic E-state index is 12.5. The van der Waals surface area contributed by atoms with Crippen LogP contribution < -0.4 is 4.74 Å². The average molecular weight is 349 g/mol. The SMILES string of the molecule is COc1cc(Br)ccc1C(=O)N(C)Cc1cccc(C)n1. The molecule has 0 radical (unpaired) electrons. The van der Waals surface area contributed by atoms with Gasteiger partial charge in [0.2, 0.25) is 0 Å². The molecule has 0 aliphatic rings. The molecular formula is C16H17BrN2O2. The standard InChI is InChI=1S/C16H17BrN2O2/c1-11-5-4-6-13(18-11)10-19(2)16(20)14-8-7-12(17)9-15(14)21-3/h4-9H,10H2,1-3H3. The first kappa shape index (κ1) is 15.5. The minimum Gasteiger partial charge on any atom is -0.496 e. The van der Waals surface area contributed by atoms with Gasteiger partial charge in [0.25, 0.3) is 5.91 Å². The third-order valence-corrected chi connectivity index (χ3v) is 3.58. The van der Waals surface area contributed by atoms with Gasteiger partial charge in [-0.15, -0.1) is 0 Å². The lowest BCUT2D eigenvalue weighted by molar-refractivity contribution is 0.0780. The molecule has 5 heteroatoms. The Morgan fingerprint density at radius 2 is 2.10 bits per heavy atom. The summed E-state index contributed by atoms with van der Waals surface area (Å²) in [5, 5.41) is 0. The molecule has 21 heavy (non-hydrogen) atoms. The zero-order chi connectivity index (χ0) is 15.4. The molecule has 0 fully saturated rings. The van der Waals surface area contributed by atoms with Crippen molar-refractivity contribution in [3.05, 3.63) is 57.8 Å². The Balaban J connectivity index is 2.19. The number of aromatic nitrogens is 1. The van der Waals surface area contributed by atoms with Gasteiger partial charge in [0.05, 0.1) is 24.9 Å². The lowest BCUT2D eigenvalue weighted by Crippen LogP contribution is -2.27. The first-order chi connectivity index (χ1) is 10.0. The Kier molecular flexibility index (Phi) is 4.96. The molecule has 0 aliphatic carbocycles. The lowest BCUT2D eigenvalue weighted by atomic mass is 10.1. The van der Waals surface area contributed by atoms with Gasteiger partial charge in [0.1, 0.15) is 5.75 Å². The molecule has 0 saturated heterocycles. The highest BCUT2D eigenvalue weighted by Crippen LogP contribution is 2.24. The fourth-order valence-corrected chi connectivity index (χ4v) is 2.39. The van der Waals surface area contributed by atoms with Crippen LogP contribution in [-0.2, 0) is 6.54 Å². The molecule has 110 valence electrons. The van der Waals surface area contributed by atoms with Crippen LogP contribution >= 0.6 is 15.9 Å². The number of amides is 1. The van der Waals surface area contributed by atoms with E-state index in [2.05, 4.69) is 20.9 Å². The van der Waals surface area contributed by atoms with E-state index in [4.69, 9.17) is 4.74 Å². The van der Waals surface area contributed by atoms with Crippen LogP contribution in [0.4, 0.5) is 0 Å². The summed E-state index contributed by atoms with van der Waals surface area (Å²) in [6.07, 6.45) is 0. The van der Waals surface area contributed by atoms with E-state index in [-0.39, 0.29) is 5.91 Å². The van der Waals surface area contributed by atoms with E-state index in [0.717, 1.165) is 15.9 Å². The number of nitrogens with zero attached hydrogens (tertiary/aromatic N) is 2. The smallest absolute Gasteiger partial charge is 0.257 e. The van der Waals surface area contributed by atoms with Crippen LogP contribution in [0.5, 0.6) is 5.75 Å². The minimum absolute atomic E-state index is 0.0948. The van der Waals surface area contributed by atoms with Gasteiger partial charge in [-0.1, -0.05) is 22.0 Å². The highest BCUT2D eigenvalue weighted by molar-refractivity contribution is 9.10. The molecule has 0 spiro atoms. The van der Waals surface area contributed by atoms with E-state index in [1.165, 1.54) is 0 Å². The third-order valence-electron chi connectivity index (χ3n) is 3.09. The molecule has 1 heterocycles. The van der Waals surface area contributed by atoms with Crippen LogP contribution in [0.3, 0.4) is 0 Å². The van der Waals surface area contributed by atoms with Gasteiger partial charge >= 0.3 is 0 Å². The molecule has 2 aromatic rings. The van der Waals surface area contributed by atoms with Crippen molar-refractivity contribution in [1.82, 2.24) is 9.88 Å². The van der Waals surface area contributed by atoms with Crippen molar-refractivity contribution in [2.75, 3.05) is 14.2 Å². The molecule has 0 aliphatic heterocycles. The number of ether oxygens (including phenoxy) is 1. The number of hydrogen-bond donors (Lipinski definition) is 0. The quantitative estimate of drug-likeness (QED) is 0.849. The zero-order valence-electron chi connectivity index (χ0n) is 12.3. The fourth-order valence-electron chi connectivity index (χ4n) is 2.05. The number of benzene rings is 1. The first-order valence-electron chi connectivity index (χ1n) is 6.53. The Labute approximate surface area is 132 Å². The van der Waals surface area contributed by atoms with Crippen molar-refractivity contribution >= 4 is 21.8 Å². The van der Waals surface area contributed by atoms with E-state index in [1.54, 1.807) is 31.2 Å². The number of carbonyl (C=O) groups excluding carboxylic acids is 1. The summed E-state index contributed by atoms with van der Waals surface area (Å²) in [6, 6.07) is 11.2. The fraction of sp³-hybridized carbons (Fsp3) is 0.250. The van der Waals surface area contributed by atoms with Crippen molar-refractivity contribution in [2.24, 2.45) is 0 Å². The van der Waals surface area contributed by atoms with Gasteiger partial charge in [0.15, 0.2) is 0 Å². The predicted molar refractivity (Wildman–Crippen MR) is 85.5 cm³/mol. The summed E-state index contributed by atoms with van der Waals surface area (Å²) < 4.78 is 6.15. The topological polar surface area (TPSA) is 42.4 Å².